The van der Waals surface area contributed by atoms with Gasteiger partial charge in [0, 0.05) is 28.2 Å². The van der Waals surface area contributed by atoms with Crippen LogP contribution in [0.1, 0.15) is 37.4 Å². The molecule has 31 heavy (non-hydrogen) atoms. The average molecular weight is 431 g/mol. The van der Waals surface area contributed by atoms with Crippen LogP contribution in [-0.2, 0) is 10.7 Å². The van der Waals surface area contributed by atoms with Gasteiger partial charge in [0.1, 0.15) is 6.42 Å². The molecule has 0 bridgehead atoms. The minimum atomic E-state index is -3.63. The first-order chi connectivity index (χ1) is 14.6. The van der Waals surface area contributed by atoms with Crippen molar-refractivity contribution in [3.63, 3.8) is 0 Å². The van der Waals surface area contributed by atoms with Crippen LogP contribution >= 0.6 is 0 Å². The molecule has 4 rings (SSSR count). The van der Waals surface area contributed by atoms with Crippen LogP contribution < -0.4 is 4.74 Å². The van der Waals surface area contributed by atoms with Crippen LogP contribution in [0.25, 0.3) is 27.5 Å². The maximum atomic E-state index is 15.3. The number of nitrogens with zero attached hydrogens (tertiary/aromatic N) is 2. The zero-order valence-corrected chi connectivity index (χ0v) is 17.0. The summed E-state index contributed by atoms with van der Waals surface area (Å²) in [7, 11) is 1.32. The van der Waals surface area contributed by atoms with Crippen molar-refractivity contribution < 1.29 is 27.8 Å². The van der Waals surface area contributed by atoms with E-state index in [-0.39, 0.29) is 22.4 Å². The maximum Gasteiger partial charge on any atom is 0.309 e. The van der Waals surface area contributed by atoms with Crippen LogP contribution in [0.2, 0.25) is 0 Å². The van der Waals surface area contributed by atoms with E-state index >= 15 is 8.78 Å². The average Bonchev–Trinajstić information content (AvgIpc) is 3.27. The topological polar surface area (TPSA) is 80.1 Å². The number of aromatic amines is 1. The molecule has 0 aliphatic rings. The van der Waals surface area contributed by atoms with Gasteiger partial charge in [-0.2, -0.15) is 5.10 Å². The van der Waals surface area contributed by atoms with Crippen molar-refractivity contribution in [2.45, 2.75) is 32.1 Å². The number of aromatic nitrogens is 3. The third-order valence-corrected chi connectivity index (χ3v) is 5.24. The number of ether oxygens (including phenoxy) is 1. The quantitative estimate of drug-likeness (QED) is 0.432. The van der Waals surface area contributed by atoms with Gasteiger partial charge < -0.3 is 14.4 Å². The first-order valence-corrected chi connectivity index (χ1v) is 9.59. The van der Waals surface area contributed by atoms with Gasteiger partial charge in [0.05, 0.1) is 29.9 Å². The van der Waals surface area contributed by atoms with Crippen LogP contribution in [0, 0.1) is 5.82 Å². The van der Waals surface area contributed by atoms with E-state index in [1.54, 1.807) is 36.7 Å². The molecule has 0 fully saturated rings. The molecule has 9 heteroatoms. The van der Waals surface area contributed by atoms with E-state index in [4.69, 9.17) is 9.84 Å². The van der Waals surface area contributed by atoms with Crippen molar-refractivity contribution in [3.8, 4) is 11.4 Å². The second-order valence-corrected chi connectivity index (χ2v) is 7.67. The SMILES string of the molecule is COc1cc(-n2c(C(C)C)c(C(F)(F)CC(=O)O)c3cc4[nH]ncc4cc32)ccc1F. The number of H-pyrrole nitrogens is 1. The van der Waals surface area contributed by atoms with Crippen molar-refractivity contribution in [1.29, 1.82) is 0 Å². The Balaban J connectivity index is 2.16. The van der Waals surface area contributed by atoms with Crippen molar-refractivity contribution in [2.24, 2.45) is 0 Å². The maximum absolute atomic E-state index is 15.3. The lowest BCUT2D eigenvalue weighted by Crippen LogP contribution is -2.21. The van der Waals surface area contributed by atoms with Gasteiger partial charge >= 0.3 is 5.97 Å². The molecular formula is C22H20F3N3O3. The summed E-state index contributed by atoms with van der Waals surface area (Å²) in [5, 5.41) is 16.7. The highest BCUT2D eigenvalue weighted by Crippen LogP contribution is 2.45. The zero-order valence-electron chi connectivity index (χ0n) is 17.0. The first kappa shape index (κ1) is 20.8. The lowest BCUT2D eigenvalue weighted by atomic mass is 9.96. The van der Waals surface area contributed by atoms with E-state index in [1.165, 1.54) is 25.3 Å². The molecule has 0 amide bonds. The summed E-state index contributed by atoms with van der Waals surface area (Å²) >= 11 is 0. The summed E-state index contributed by atoms with van der Waals surface area (Å²) in [6.45, 7) is 3.50. The normalized spacial score (nSPS) is 12.2. The fourth-order valence-electron chi connectivity index (χ4n) is 4.02. The Morgan fingerprint density at radius 1 is 1.29 bits per heavy atom. The highest BCUT2D eigenvalue weighted by molar-refractivity contribution is 5.99. The molecule has 2 heterocycles. The highest BCUT2D eigenvalue weighted by Gasteiger charge is 2.41. The first-order valence-electron chi connectivity index (χ1n) is 9.59. The molecule has 162 valence electrons. The van der Waals surface area contributed by atoms with Gasteiger partial charge in [0.15, 0.2) is 11.6 Å². The van der Waals surface area contributed by atoms with Gasteiger partial charge in [-0.1, -0.05) is 13.8 Å². The molecule has 6 nitrogen and oxygen atoms in total. The number of carboxylic acid groups (broad SMARTS) is 1. The molecule has 0 atom stereocenters. The smallest absolute Gasteiger partial charge is 0.309 e. The molecule has 0 unspecified atom stereocenters. The Morgan fingerprint density at radius 3 is 2.68 bits per heavy atom. The van der Waals surface area contributed by atoms with Crippen molar-refractivity contribution in [3.05, 3.63) is 53.6 Å². The molecule has 2 N–H and O–H groups in total. The predicted molar refractivity (Wildman–Crippen MR) is 110 cm³/mol. The van der Waals surface area contributed by atoms with E-state index in [0.29, 0.717) is 22.1 Å². The molecule has 0 saturated carbocycles. The van der Waals surface area contributed by atoms with Gasteiger partial charge in [-0.05, 0) is 30.2 Å². The lowest BCUT2D eigenvalue weighted by Gasteiger charge is -2.20. The molecule has 0 saturated heterocycles. The van der Waals surface area contributed by atoms with Crippen molar-refractivity contribution >= 4 is 27.8 Å². The van der Waals surface area contributed by atoms with E-state index in [9.17, 15) is 9.18 Å². The van der Waals surface area contributed by atoms with E-state index in [2.05, 4.69) is 10.2 Å². The van der Waals surface area contributed by atoms with Gasteiger partial charge in [-0.15, -0.1) is 0 Å². The van der Waals surface area contributed by atoms with Gasteiger partial charge in [0.2, 0.25) is 0 Å². The molecular weight excluding hydrogens is 411 g/mol. The summed E-state index contributed by atoms with van der Waals surface area (Å²) in [5.41, 5.74) is 1.29. The number of halogens is 3. The third-order valence-electron chi connectivity index (χ3n) is 5.24. The molecule has 0 aliphatic heterocycles. The number of nitrogens with one attached hydrogen (secondary N) is 1. The number of benzene rings is 2. The number of rotatable bonds is 6. The van der Waals surface area contributed by atoms with E-state index < -0.39 is 30.0 Å². The number of alkyl halides is 2. The molecule has 2 aromatic heterocycles. The van der Waals surface area contributed by atoms with Crippen LogP contribution in [0.4, 0.5) is 13.2 Å². The molecule has 4 aromatic rings. The monoisotopic (exact) mass is 431 g/mol. The number of fused-ring (bicyclic) bond motifs is 2. The number of hydrogen-bond acceptors (Lipinski definition) is 3. The molecule has 0 aliphatic carbocycles. The number of carboxylic acids is 1. The Bertz CT molecular complexity index is 1310. The number of carbonyl (C=O) groups is 1. The predicted octanol–water partition coefficient (Wildman–Crippen LogP) is 5.34. The fourth-order valence-corrected chi connectivity index (χ4v) is 4.02. The lowest BCUT2D eigenvalue weighted by molar-refractivity contribution is -0.145. The second-order valence-electron chi connectivity index (χ2n) is 7.67. The van der Waals surface area contributed by atoms with E-state index in [1.807, 2.05) is 0 Å². The largest absolute Gasteiger partial charge is 0.494 e. The van der Waals surface area contributed by atoms with Gasteiger partial charge in [-0.25, -0.2) is 13.2 Å². The van der Waals surface area contributed by atoms with Crippen molar-refractivity contribution in [2.75, 3.05) is 7.11 Å². The number of aliphatic carboxylic acids is 1. The minimum Gasteiger partial charge on any atom is -0.494 e. The van der Waals surface area contributed by atoms with Gasteiger partial charge in [-0.3, -0.25) is 9.89 Å². The standard InChI is InChI=1S/C22H20F3N3O3/c1-11(2)21-20(22(24,25)9-19(29)30)14-8-16-12(10-26-27-16)6-17(14)28(21)13-4-5-15(23)18(7-13)31-3/h4-8,10-11H,9H2,1-3H3,(H,26,27)(H,29,30). The molecule has 0 radical (unpaired) electrons. The van der Waals surface area contributed by atoms with Crippen LogP contribution in [-0.4, -0.2) is 33.0 Å². The highest BCUT2D eigenvalue weighted by atomic mass is 19.3. The fraction of sp³-hybridized carbons (Fsp3) is 0.273. The molecule has 0 spiro atoms. The Hall–Kier alpha value is -3.49. The van der Waals surface area contributed by atoms with Crippen molar-refractivity contribution in [1.82, 2.24) is 14.8 Å². The Kier molecular flexibility index (Phi) is 4.91. The minimum absolute atomic E-state index is 0.0303. The number of hydrogen-bond donors (Lipinski definition) is 2. The third kappa shape index (κ3) is 3.39. The summed E-state index contributed by atoms with van der Waals surface area (Å²) in [6.07, 6.45) is 0.223. The number of methoxy groups -OCH3 is 1. The zero-order chi connectivity index (χ0) is 22.5. The van der Waals surface area contributed by atoms with Gasteiger partial charge in [0.25, 0.3) is 5.92 Å². The van der Waals surface area contributed by atoms with Crippen LogP contribution in [0.15, 0.2) is 36.5 Å². The summed E-state index contributed by atoms with van der Waals surface area (Å²) in [4.78, 5) is 11.2. The summed E-state index contributed by atoms with van der Waals surface area (Å²) in [6, 6.07) is 7.36. The molecule has 2 aromatic carbocycles. The summed E-state index contributed by atoms with van der Waals surface area (Å²) < 4.78 is 51.4. The van der Waals surface area contributed by atoms with Crippen LogP contribution in [0.3, 0.4) is 0 Å². The Labute approximate surface area is 175 Å². The Morgan fingerprint density at radius 2 is 2.03 bits per heavy atom. The van der Waals surface area contributed by atoms with Crippen LogP contribution in [0.5, 0.6) is 5.75 Å². The summed E-state index contributed by atoms with van der Waals surface area (Å²) in [5.74, 6) is -6.24. The van der Waals surface area contributed by atoms with E-state index in [0.717, 1.165) is 0 Å². The second kappa shape index (κ2) is 7.33.